The lowest BCUT2D eigenvalue weighted by atomic mass is 10.0. The van der Waals surface area contributed by atoms with Gasteiger partial charge in [-0.1, -0.05) is 38.1 Å². The van der Waals surface area contributed by atoms with Crippen molar-refractivity contribution >= 4 is 9.84 Å². The summed E-state index contributed by atoms with van der Waals surface area (Å²) < 4.78 is 22.2. The summed E-state index contributed by atoms with van der Waals surface area (Å²) in [6.45, 7) is 4.19. The minimum atomic E-state index is -2.92. The molecule has 0 amide bonds. The molecule has 0 atom stereocenters. The van der Waals surface area contributed by atoms with E-state index >= 15 is 0 Å². The van der Waals surface area contributed by atoms with E-state index in [9.17, 15) is 8.42 Å². The van der Waals surface area contributed by atoms with Gasteiger partial charge in [0.05, 0.1) is 5.75 Å². The molecule has 0 N–H and O–H groups in total. The smallest absolute Gasteiger partial charge is 0.151 e. The van der Waals surface area contributed by atoms with E-state index in [1.54, 1.807) is 0 Å². The predicted molar refractivity (Wildman–Crippen MR) is 59.1 cm³/mol. The third-order valence-corrected chi connectivity index (χ3v) is 2.90. The fourth-order valence-corrected chi connectivity index (χ4v) is 2.13. The molecule has 1 aromatic rings. The number of benzene rings is 1. The number of rotatable bonds is 3. The topological polar surface area (TPSA) is 34.1 Å². The molecule has 0 radical (unpaired) electrons. The molecule has 0 aliphatic rings. The van der Waals surface area contributed by atoms with Crippen molar-refractivity contribution in [2.24, 2.45) is 0 Å². The molecule has 0 heterocycles. The minimum absolute atomic E-state index is 0.132. The molecule has 0 aliphatic carbocycles. The molecule has 0 saturated heterocycles. The van der Waals surface area contributed by atoms with E-state index in [1.165, 1.54) is 11.8 Å². The normalized spacial score (nSPS) is 12.0. The van der Waals surface area contributed by atoms with Gasteiger partial charge in [0.1, 0.15) is 0 Å². The molecule has 0 unspecified atom stereocenters. The van der Waals surface area contributed by atoms with Crippen LogP contribution in [-0.4, -0.2) is 14.7 Å². The van der Waals surface area contributed by atoms with Crippen LogP contribution in [0.1, 0.15) is 30.9 Å². The van der Waals surface area contributed by atoms with Crippen LogP contribution in [0.4, 0.5) is 0 Å². The lowest BCUT2D eigenvalue weighted by molar-refractivity contribution is 0.601. The summed E-state index contributed by atoms with van der Waals surface area (Å²) in [6.07, 6.45) is 1.26. The first-order chi connectivity index (χ1) is 6.38. The lowest BCUT2D eigenvalue weighted by Crippen LogP contribution is -2.01. The van der Waals surface area contributed by atoms with Crippen LogP contribution in [0.15, 0.2) is 24.3 Å². The number of sulfone groups is 1. The second-order valence-electron chi connectivity index (χ2n) is 3.97. The van der Waals surface area contributed by atoms with Crippen molar-refractivity contribution in [3.05, 3.63) is 35.4 Å². The van der Waals surface area contributed by atoms with Gasteiger partial charge in [0.15, 0.2) is 9.84 Å². The summed E-state index contributed by atoms with van der Waals surface area (Å²) in [5, 5.41) is 0. The maximum Gasteiger partial charge on any atom is 0.151 e. The fraction of sp³-hybridized carbons (Fsp3) is 0.455. The first-order valence-electron chi connectivity index (χ1n) is 4.65. The first kappa shape index (κ1) is 11.2. The van der Waals surface area contributed by atoms with Crippen LogP contribution >= 0.6 is 0 Å². The van der Waals surface area contributed by atoms with E-state index in [-0.39, 0.29) is 5.75 Å². The zero-order valence-corrected chi connectivity index (χ0v) is 9.64. The molecule has 0 saturated carbocycles. The summed E-state index contributed by atoms with van der Waals surface area (Å²) in [7, 11) is -2.92. The van der Waals surface area contributed by atoms with Crippen LogP contribution in [0, 0.1) is 0 Å². The van der Waals surface area contributed by atoms with Gasteiger partial charge >= 0.3 is 0 Å². The third-order valence-electron chi connectivity index (χ3n) is 2.05. The lowest BCUT2D eigenvalue weighted by Gasteiger charge is -2.07. The van der Waals surface area contributed by atoms with Gasteiger partial charge in [-0.05, 0) is 17.0 Å². The number of hydrogen-bond acceptors (Lipinski definition) is 2. The van der Waals surface area contributed by atoms with Crippen LogP contribution in [0.2, 0.25) is 0 Å². The third kappa shape index (κ3) is 3.50. The van der Waals surface area contributed by atoms with Gasteiger partial charge in [-0.3, -0.25) is 0 Å². The van der Waals surface area contributed by atoms with Crippen molar-refractivity contribution in [1.29, 1.82) is 0 Å². The maximum atomic E-state index is 11.1. The molecule has 14 heavy (non-hydrogen) atoms. The average Bonchev–Trinajstić information content (AvgIpc) is 2.01. The predicted octanol–water partition coefficient (Wildman–Crippen LogP) is 2.35. The molecule has 0 aliphatic heterocycles. The highest BCUT2D eigenvalue weighted by molar-refractivity contribution is 7.89. The Morgan fingerprint density at radius 3 is 2.43 bits per heavy atom. The van der Waals surface area contributed by atoms with E-state index in [4.69, 9.17) is 0 Å². The van der Waals surface area contributed by atoms with Crippen LogP contribution in [-0.2, 0) is 15.6 Å². The molecular weight excluding hydrogens is 196 g/mol. The van der Waals surface area contributed by atoms with Crippen molar-refractivity contribution in [1.82, 2.24) is 0 Å². The Morgan fingerprint density at radius 1 is 1.29 bits per heavy atom. The first-order valence-corrected chi connectivity index (χ1v) is 6.71. The molecular formula is C11H16O2S. The van der Waals surface area contributed by atoms with E-state index in [1.807, 2.05) is 24.3 Å². The van der Waals surface area contributed by atoms with Crippen molar-refractivity contribution in [3.63, 3.8) is 0 Å². The molecule has 0 spiro atoms. The standard InChI is InChI=1S/C11H16O2S/c1-9(2)11-6-4-5-10(7-11)8-14(3,12)13/h4-7,9H,8H2,1-3H3. The SMILES string of the molecule is CC(C)c1cccc(CS(C)(=O)=O)c1. The Kier molecular flexibility index (Phi) is 3.32. The van der Waals surface area contributed by atoms with Crippen molar-refractivity contribution in [3.8, 4) is 0 Å². The molecule has 78 valence electrons. The van der Waals surface area contributed by atoms with Gasteiger partial charge in [0.25, 0.3) is 0 Å². The van der Waals surface area contributed by atoms with E-state index < -0.39 is 9.84 Å². The van der Waals surface area contributed by atoms with E-state index in [0.717, 1.165) is 5.56 Å². The highest BCUT2D eigenvalue weighted by atomic mass is 32.2. The van der Waals surface area contributed by atoms with Crippen LogP contribution in [0.25, 0.3) is 0 Å². The van der Waals surface area contributed by atoms with Gasteiger partial charge in [-0.15, -0.1) is 0 Å². The number of hydrogen-bond donors (Lipinski definition) is 0. The molecule has 1 aromatic carbocycles. The molecule has 1 rings (SSSR count). The average molecular weight is 212 g/mol. The summed E-state index contributed by atoms with van der Waals surface area (Å²) in [5.41, 5.74) is 2.06. The molecule has 3 heteroatoms. The van der Waals surface area contributed by atoms with Crippen LogP contribution in [0.5, 0.6) is 0 Å². The van der Waals surface area contributed by atoms with Gasteiger partial charge in [0.2, 0.25) is 0 Å². The highest BCUT2D eigenvalue weighted by Gasteiger charge is 2.06. The summed E-state index contributed by atoms with van der Waals surface area (Å²) in [5.74, 6) is 0.572. The van der Waals surface area contributed by atoms with Crippen molar-refractivity contribution in [2.75, 3.05) is 6.26 Å². The molecule has 0 aromatic heterocycles. The van der Waals surface area contributed by atoms with Crippen LogP contribution < -0.4 is 0 Å². The largest absolute Gasteiger partial charge is 0.229 e. The molecule has 2 nitrogen and oxygen atoms in total. The Bertz CT molecular complexity index is 405. The fourth-order valence-electron chi connectivity index (χ4n) is 1.34. The zero-order valence-electron chi connectivity index (χ0n) is 8.82. The van der Waals surface area contributed by atoms with E-state index in [2.05, 4.69) is 13.8 Å². The van der Waals surface area contributed by atoms with Crippen molar-refractivity contribution in [2.45, 2.75) is 25.5 Å². The van der Waals surface area contributed by atoms with E-state index in [0.29, 0.717) is 5.92 Å². The highest BCUT2D eigenvalue weighted by Crippen LogP contribution is 2.16. The Labute approximate surface area is 85.9 Å². The minimum Gasteiger partial charge on any atom is -0.229 e. The Hall–Kier alpha value is -0.830. The summed E-state index contributed by atoms with van der Waals surface area (Å²) >= 11 is 0. The van der Waals surface area contributed by atoms with Crippen LogP contribution in [0.3, 0.4) is 0 Å². The monoisotopic (exact) mass is 212 g/mol. The Balaban J connectivity index is 2.95. The summed E-state index contributed by atoms with van der Waals surface area (Å²) in [6, 6.07) is 7.75. The second-order valence-corrected chi connectivity index (χ2v) is 6.11. The van der Waals surface area contributed by atoms with Gasteiger partial charge in [-0.25, -0.2) is 8.42 Å². The molecule has 0 fully saturated rings. The summed E-state index contributed by atoms with van der Waals surface area (Å²) in [4.78, 5) is 0. The van der Waals surface area contributed by atoms with Gasteiger partial charge in [-0.2, -0.15) is 0 Å². The zero-order chi connectivity index (χ0) is 10.8. The maximum absolute atomic E-state index is 11.1. The van der Waals surface area contributed by atoms with Gasteiger partial charge in [0, 0.05) is 6.26 Å². The molecule has 0 bridgehead atoms. The Morgan fingerprint density at radius 2 is 1.93 bits per heavy atom. The quantitative estimate of drug-likeness (QED) is 0.770. The second kappa shape index (κ2) is 4.13. The van der Waals surface area contributed by atoms with Gasteiger partial charge < -0.3 is 0 Å². The van der Waals surface area contributed by atoms with Crippen molar-refractivity contribution < 1.29 is 8.42 Å².